The van der Waals surface area contributed by atoms with Gasteiger partial charge in [-0.15, -0.1) is 0 Å². The van der Waals surface area contributed by atoms with Crippen LogP contribution in [-0.2, 0) is 19.3 Å². The fraction of sp³-hybridized carbons (Fsp3) is 0.217. The standard InChI is InChI=1S/C23H18F6/c1-2-3-15-8-9-17(22(28)21(15)27)16-7-6-14(18(24)12-16)5-4-13-10-19(25)23(29)20(26)11-13/h6-12H,2-5H2,1H3. The summed E-state index contributed by atoms with van der Waals surface area (Å²) < 4.78 is 82.6. The third-order valence-electron chi connectivity index (χ3n) is 4.77. The zero-order valence-electron chi connectivity index (χ0n) is 15.6. The minimum absolute atomic E-state index is 0.0459. The first-order valence-electron chi connectivity index (χ1n) is 9.21. The average Bonchev–Trinajstić information content (AvgIpc) is 2.69. The van der Waals surface area contributed by atoms with E-state index in [-0.39, 0.29) is 40.7 Å². The summed E-state index contributed by atoms with van der Waals surface area (Å²) in [5, 5.41) is 0. The largest absolute Gasteiger partial charge is 0.207 e. The van der Waals surface area contributed by atoms with Gasteiger partial charge in [-0.3, -0.25) is 0 Å². The molecule has 0 atom stereocenters. The van der Waals surface area contributed by atoms with Crippen LogP contribution in [0.2, 0.25) is 0 Å². The van der Waals surface area contributed by atoms with E-state index in [1.807, 2.05) is 6.92 Å². The Kier molecular flexibility index (Phi) is 6.30. The SMILES string of the molecule is CCCc1ccc(-c2ccc(CCc3cc(F)c(F)c(F)c3)c(F)c2)c(F)c1F. The van der Waals surface area contributed by atoms with Crippen LogP contribution >= 0.6 is 0 Å². The lowest BCUT2D eigenvalue weighted by atomic mass is 9.97. The van der Waals surface area contributed by atoms with Crippen LogP contribution in [0.15, 0.2) is 42.5 Å². The van der Waals surface area contributed by atoms with Gasteiger partial charge in [0.1, 0.15) is 5.82 Å². The Hall–Kier alpha value is -2.76. The molecule has 0 saturated heterocycles. The van der Waals surface area contributed by atoms with Gasteiger partial charge in [-0.05, 0) is 59.7 Å². The quantitative estimate of drug-likeness (QED) is 0.307. The molecule has 3 aromatic carbocycles. The van der Waals surface area contributed by atoms with E-state index in [2.05, 4.69) is 0 Å². The van der Waals surface area contributed by atoms with Crippen molar-refractivity contribution >= 4 is 0 Å². The smallest absolute Gasteiger partial charge is 0.194 e. The molecule has 3 aromatic rings. The topological polar surface area (TPSA) is 0 Å². The van der Waals surface area contributed by atoms with Crippen LogP contribution in [0.3, 0.4) is 0 Å². The monoisotopic (exact) mass is 408 g/mol. The Morgan fingerprint density at radius 3 is 1.86 bits per heavy atom. The van der Waals surface area contributed by atoms with Gasteiger partial charge < -0.3 is 0 Å². The summed E-state index contributed by atoms with van der Waals surface area (Å²) in [7, 11) is 0. The molecule has 0 fully saturated rings. The number of hydrogen-bond donors (Lipinski definition) is 0. The highest BCUT2D eigenvalue weighted by molar-refractivity contribution is 5.65. The average molecular weight is 408 g/mol. The van der Waals surface area contributed by atoms with Gasteiger partial charge in [0.15, 0.2) is 29.1 Å². The van der Waals surface area contributed by atoms with E-state index < -0.39 is 34.9 Å². The van der Waals surface area contributed by atoms with E-state index in [9.17, 15) is 26.3 Å². The summed E-state index contributed by atoms with van der Waals surface area (Å²) in [6, 6.07) is 8.60. The minimum atomic E-state index is -1.55. The molecule has 0 aromatic heterocycles. The molecule has 0 heterocycles. The van der Waals surface area contributed by atoms with Crippen molar-refractivity contribution in [2.45, 2.75) is 32.6 Å². The van der Waals surface area contributed by atoms with Crippen LogP contribution in [0.25, 0.3) is 11.1 Å². The Bertz CT molecular complexity index is 1020. The molecule has 0 nitrogen and oxygen atoms in total. The number of halogens is 6. The Morgan fingerprint density at radius 2 is 1.24 bits per heavy atom. The molecule has 29 heavy (non-hydrogen) atoms. The third-order valence-corrected chi connectivity index (χ3v) is 4.77. The zero-order chi connectivity index (χ0) is 21.1. The van der Waals surface area contributed by atoms with Crippen molar-refractivity contribution in [2.24, 2.45) is 0 Å². The molecule has 6 heteroatoms. The molecular weight excluding hydrogens is 390 g/mol. The van der Waals surface area contributed by atoms with Gasteiger partial charge in [0, 0.05) is 5.56 Å². The lowest BCUT2D eigenvalue weighted by Gasteiger charge is -2.10. The molecule has 0 radical (unpaired) electrons. The van der Waals surface area contributed by atoms with Gasteiger partial charge in [0.05, 0.1) is 0 Å². The van der Waals surface area contributed by atoms with E-state index in [1.165, 1.54) is 24.3 Å². The molecule has 0 aliphatic rings. The fourth-order valence-electron chi connectivity index (χ4n) is 3.22. The first kappa shape index (κ1) is 21.0. The minimum Gasteiger partial charge on any atom is -0.207 e. The molecule has 3 rings (SSSR count). The van der Waals surface area contributed by atoms with Crippen LogP contribution in [0.5, 0.6) is 0 Å². The third kappa shape index (κ3) is 4.47. The van der Waals surface area contributed by atoms with Gasteiger partial charge in [-0.2, -0.15) is 0 Å². The maximum Gasteiger partial charge on any atom is 0.194 e. The van der Waals surface area contributed by atoms with E-state index in [0.29, 0.717) is 12.8 Å². The van der Waals surface area contributed by atoms with Crippen molar-refractivity contribution in [3.8, 4) is 11.1 Å². The second-order valence-electron chi connectivity index (χ2n) is 6.83. The second-order valence-corrected chi connectivity index (χ2v) is 6.83. The van der Waals surface area contributed by atoms with Crippen LogP contribution in [0.1, 0.15) is 30.0 Å². The van der Waals surface area contributed by atoms with Crippen LogP contribution in [0, 0.1) is 34.9 Å². The van der Waals surface area contributed by atoms with Gasteiger partial charge in [-0.1, -0.05) is 37.6 Å². The Labute approximate surface area is 164 Å². The highest BCUT2D eigenvalue weighted by Crippen LogP contribution is 2.29. The van der Waals surface area contributed by atoms with Crippen LogP contribution < -0.4 is 0 Å². The van der Waals surface area contributed by atoms with Crippen molar-refractivity contribution in [1.29, 1.82) is 0 Å². The fourth-order valence-corrected chi connectivity index (χ4v) is 3.22. The first-order valence-corrected chi connectivity index (χ1v) is 9.21. The predicted octanol–water partition coefficient (Wildman–Crippen LogP) is 6.93. The Morgan fingerprint density at radius 1 is 0.586 bits per heavy atom. The number of aryl methyl sites for hydroxylation is 3. The van der Waals surface area contributed by atoms with Crippen molar-refractivity contribution in [2.75, 3.05) is 0 Å². The summed E-state index contributed by atoms with van der Waals surface area (Å²) in [5.74, 6) is -6.78. The number of hydrogen-bond acceptors (Lipinski definition) is 0. The maximum absolute atomic E-state index is 14.5. The van der Waals surface area contributed by atoms with E-state index >= 15 is 0 Å². The van der Waals surface area contributed by atoms with Crippen molar-refractivity contribution in [3.63, 3.8) is 0 Å². The lowest BCUT2D eigenvalue weighted by molar-refractivity contribution is 0.445. The molecule has 0 amide bonds. The molecule has 0 spiro atoms. The number of benzene rings is 3. The highest BCUT2D eigenvalue weighted by atomic mass is 19.2. The molecule has 152 valence electrons. The van der Waals surface area contributed by atoms with Gasteiger partial charge in [0.2, 0.25) is 0 Å². The van der Waals surface area contributed by atoms with Gasteiger partial charge in [0.25, 0.3) is 0 Å². The van der Waals surface area contributed by atoms with E-state index in [1.54, 1.807) is 0 Å². The van der Waals surface area contributed by atoms with Gasteiger partial charge >= 0.3 is 0 Å². The van der Waals surface area contributed by atoms with Crippen LogP contribution in [0.4, 0.5) is 26.3 Å². The summed E-state index contributed by atoms with van der Waals surface area (Å²) >= 11 is 0. The first-order chi connectivity index (χ1) is 13.8. The van der Waals surface area contributed by atoms with E-state index in [4.69, 9.17) is 0 Å². The summed E-state index contributed by atoms with van der Waals surface area (Å²) in [6.45, 7) is 1.86. The Balaban J connectivity index is 1.81. The summed E-state index contributed by atoms with van der Waals surface area (Å²) in [6.07, 6.45) is 1.25. The second kappa shape index (κ2) is 8.72. The molecule has 0 N–H and O–H groups in total. The molecular formula is C23H18F6. The molecule has 0 aliphatic heterocycles. The number of rotatable bonds is 6. The van der Waals surface area contributed by atoms with Crippen molar-refractivity contribution in [3.05, 3.63) is 94.1 Å². The van der Waals surface area contributed by atoms with E-state index in [0.717, 1.165) is 18.2 Å². The maximum atomic E-state index is 14.5. The highest BCUT2D eigenvalue weighted by Gasteiger charge is 2.16. The molecule has 0 saturated carbocycles. The normalized spacial score (nSPS) is 11.1. The molecule has 0 bridgehead atoms. The van der Waals surface area contributed by atoms with Crippen molar-refractivity contribution < 1.29 is 26.3 Å². The molecule has 0 unspecified atom stereocenters. The summed E-state index contributed by atoms with van der Waals surface area (Å²) in [4.78, 5) is 0. The molecule has 0 aliphatic carbocycles. The summed E-state index contributed by atoms with van der Waals surface area (Å²) in [5.41, 5.74) is 0.830. The van der Waals surface area contributed by atoms with Gasteiger partial charge in [-0.25, -0.2) is 26.3 Å². The predicted molar refractivity (Wildman–Crippen MR) is 99.5 cm³/mol. The van der Waals surface area contributed by atoms with Crippen molar-refractivity contribution in [1.82, 2.24) is 0 Å². The zero-order valence-corrected chi connectivity index (χ0v) is 15.6. The lowest BCUT2D eigenvalue weighted by Crippen LogP contribution is -2.00. The van der Waals surface area contributed by atoms with Crippen LogP contribution in [-0.4, -0.2) is 0 Å².